The van der Waals surface area contributed by atoms with E-state index in [9.17, 15) is 0 Å². The van der Waals surface area contributed by atoms with Gasteiger partial charge >= 0.3 is 0 Å². The summed E-state index contributed by atoms with van der Waals surface area (Å²) in [6, 6.07) is 13.9. The van der Waals surface area contributed by atoms with E-state index in [2.05, 4.69) is 6.07 Å². The van der Waals surface area contributed by atoms with Crippen LogP contribution in [-0.4, -0.2) is 13.7 Å². The molecule has 0 radical (unpaired) electrons. The van der Waals surface area contributed by atoms with E-state index in [1.165, 1.54) is 0 Å². The molecule has 2 nitrogen and oxygen atoms in total. The maximum absolute atomic E-state index is 6.25. The maximum Gasteiger partial charge on any atom is 0.132 e. The van der Waals surface area contributed by atoms with Crippen molar-refractivity contribution in [1.82, 2.24) is 0 Å². The van der Waals surface area contributed by atoms with Gasteiger partial charge in [0, 0.05) is 9.92 Å². The summed E-state index contributed by atoms with van der Waals surface area (Å²) in [5.74, 6) is 0.867. The second kappa shape index (κ2) is 6.85. The lowest BCUT2D eigenvalue weighted by Crippen LogP contribution is -2.04. The summed E-state index contributed by atoms with van der Waals surface area (Å²) in [4.78, 5) is 2.20. The fraction of sp³-hybridized carbons (Fsp3) is 0.200. The van der Waals surface area contributed by atoms with Gasteiger partial charge in [0.25, 0.3) is 0 Å². The number of hydrogen-bond donors (Lipinski definition) is 1. The van der Waals surface area contributed by atoms with Gasteiger partial charge in [0.1, 0.15) is 5.75 Å². The molecule has 0 aliphatic rings. The van der Waals surface area contributed by atoms with Crippen molar-refractivity contribution in [3.05, 3.63) is 53.1 Å². The molecule has 19 heavy (non-hydrogen) atoms. The number of para-hydroxylation sites is 1. The van der Waals surface area contributed by atoms with E-state index < -0.39 is 0 Å². The molecule has 100 valence electrons. The van der Waals surface area contributed by atoms with E-state index >= 15 is 0 Å². The molecule has 0 aliphatic heterocycles. The van der Waals surface area contributed by atoms with Crippen LogP contribution >= 0.6 is 23.4 Å². The van der Waals surface area contributed by atoms with Gasteiger partial charge < -0.3 is 10.5 Å². The second-order valence-electron chi connectivity index (χ2n) is 4.01. The SMILES string of the molecule is COc1ccccc1Sc1cccc(Cl)c1CCN. The third kappa shape index (κ3) is 3.44. The molecule has 0 bridgehead atoms. The zero-order chi connectivity index (χ0) is 13.7. The van der Waals surface area contributed by atoms with Gasteiger partial charge in [0.15, 0.2) is 0 Å². The molecule has 0 aromatic heterocycles. The topological polar surface area (TPSA) is 35.2 Å². The Balaban J connectivity index is 2.35. The van der Waals surface area contributed by atoms with Crippen molar-refractivity contribution in [2.75, 3.05) is 13.7 Å². The number of methoxy groups -OCH3 is 1. The minimum atomic E-state index is 0.587. The van der Waals surface area contributed by atoms with Gasteiger partial charge in [-0.15, -0.1) is 0 Å². The minimum Gasteiger partial charge on any atom is -0.496 e. The molecule has 0 fully saturated rings. The van der Waals surface area contributed by atoms with Crippen molar-refractivity contribution in [3.63, 3.8) is 0 Å². The predicted molar refractivity (Wildman–Crippen MR) is 81.3 cm³/mol. The van der Waals surface area contributed by atoms with Crippen molar-refractivity contribution in [3.8, 4) is 5.75 Å². The Labute approximate surface area is 122 Å². The summed E-state index contributed by atoms with van der Waals surface area (Å²) in [5, 5.41) is 0.769. The molecule has 2 rings (SSSR count). The summed E-state index contributed by atoms with van der Waals surface area (Å²) < 4.78 is 5.37. The van der Waals surface area contributed by atoms with Crippen molar-refractivity contribution in [2.45, 2.75) is 16.2 Å². The summed E-state index contributed by atoms with van der Waals surface area (Å²) >= 11 is 7.90. The Bertz CT molecular complexity index is 560. The summed E-state index contributed by atoms with van der Waals surface area (Å²) in [7, 11) is 1.68. The van der Waals surface area contributed by atoms with Gasteiger partial charge in [-0.2, -0.15) is 0 Å². The van der Waals surface area contributed by atoms with Gasteiger partial charge in [-0.3, -0.25) is 0 Å². The zero-order valence-corrected chi connectivity index (χ0v) is 12.3. The molecular weight excluding hydrogens is 278 g/mol. The number of ether oxygens (including phenoxy) is 1. The van der Waals surface area contributed by atoms with E-state index in [-0.39, 0.29) is 0 Å². The highest BCUT2D eigenvalue weighted by Crippen LogP contribution is 2.38. The van der Waals surface area contributed by atoms with Gasteiger partial charge in [0.2, 0.25) is 0 Å². The first kappa shape index (κ1) is 14.3. The first-order valence-corrected chi connectivity index (χ1v) is 7.24. The van der Waals surface area contributed by atoms with E-state index in [4.69, 9.17) is 22.1 Å². The van der Waals surface area contributed by atoms with Crippen LogP contribution in [0.1, 0.15) is 5.56 Å². The van der Waals surface area contributed by atoms with E-state index in [0.717, 1.165) is 32.5 Å². The number of hydrogen-bond acceptors (Lipinski definition) is 3. The van der Waals surface area contributed by atoms with Crippen LogP contribution in [0.4, 0.5) is 0 Å². The van der Waals surface area contributed by atoms with Crippen LogP contribution in [0.15, 0.2) is 52.3 Å². The van der Waals surface area contributed by atoms with E-state index in [0.29, 0.717) is 6.54 Å². The van der Waals surface area contributed by atoms with Crippen LogP contribution in [0.3, 0.4) is 0 Å². The first-order chi connectivity index (χ1) is 9.26. The third-order valence-corrected chi connectivity index (χ3v) is 4.27. The van der Waals surface area contributed by atoms with Gasteiger partial charge in [-0.25, -0.2) is 0 Å². The van der Waals surface area contributed by atoms with Crippen LogP contribution < -0.4 is 10.5 Å². The Kier molecular flexibility index (Phi) is 5.14. The number of rotatable bonds is 5. The Morgan fingerprint density at radius 3 is 2.58 bits per heavy atom. The number of nitrogens with two attached hydrogens (primary N) is 1. The smallest absolute Gasteiger partial charge is 0.132 e. The van der Waals surface area contributed by atoms with Gasteiger partial charge in [-0.05, 0) is 42.8 Å². The normalized spacial score (nSPS) is 10.5. The highest BCUT2D eigenvalue weighted by Gasteiger charge is 2.10. The predicted octanol–water partition coefficient (Wildman–Crippen LogP) is 4.00. The molecule has 2 aromatic carbocycles. The fourth-order valence-corrected chi connectivity index (χ4v) is 3.29. The van der Waals surface area contributed by atoms with Crippen molar-refractivity contribution in [1.29, 1.82) is 0 Å². The molecule has 2 aromatic rings. The van der Waals surface area contributed by atoms with Crippen LogP contribution in [0.25, 0.3) is 0 Å². The maximum atomic E-state index is 6.25. The van der Waals surface area contributed by atoms with Crippen LogP contribution in [0, 0.1) is 0 Å². The lowest BCUT2D eigenvalue weighted by molar-refractivity contribution is 0.405. The summed E-state index contributed by atoms with van der Waals surface area (Å²) in [6.45, 7) is 0.587. The molecule has 0 heterocycles. The van der Waals surface area contributed by atoms with Crippen molar-refractivity contribution < 1.29 is 4.74 Å². The highest BCUT2D eigenvalue weighted by molar-refractivity contribution is 7.99. The Hall–Kier alpha value is -1.16. The lowest BCUT2D eigenvalue weighted by atomic mass is 10.1. The minimum absolute atomic E-state index is 0.587. The first-order valence-electron chi connectivity index (χ1n) is 6.04. The van der Waals surface area contributed by atoms with Gasteiger partial charge in [-0.1, -0.05) is 41.6 Å². The van der Waals surface area contributed by atoms with Crippen LogP contribution in [0.2, 0.25) is 5.02 Å². The van der Waals surface area contributed by atoms with Crippen LogP contribution in [-0.2, 0) is 6.42 Å². The second-order valence-corrected chi connectivity index (χ2v) is 5.50. The molecule has 0 aliphatic carbocycles. The van der Waals surface area contributed by atoms with Gasteiger partial charge in [0.05, 0.1) is 12.0 Å². The molecule has 2 N–H and O–H groups in total. The Morgan fingerprint density at radius 1 is 1.11 bits per heavy atom. The average molecular weight is 294 g/mol. The summed E-state index contributed by atoms with van der Waals surface area (Å²) in [5.41, 5.74) is 6.75. The van der Waals surface area contributed by atoms with Crippen molar-refractivity contribution in [2.24, 2.45) is 5.73 Å². The molecule has 4 heteroatoms. The monoisotopic (exact) mass is 293 g/mol. The molecular formula is C15H16ClNOS. The molecule has 0 spiro atoms. The Morgan fingerprint density at radius 2 is 1.84 bits per heavy atom. The molecule has 0 unspecified atom stereocenters. The number of benzene rings is 2. The molecule has 0 saturated heterocycles. The summed E-state index contributed by atoms with van der Waals surface area (Å²) in [6.07, 6.45) is 0.775. The standard InChI is InChI=1S/C15H16ClNOS/c1-18-13-6-2-3-7-15(13)19-14-8-4-5-12(16)11(14)9-10-17/h2-8H,9-10,17H2,1H3. The van der Waals surface area contributed by atoms with E-state index in [1.54, 1.807) is 18.9 Å². The molecule has 0 amide bonds. The number of halogens is 1. The van der Waals surface area contributed by atoms with E-state index in [1.807, 2.05) is 36.4 Å². The third-order valence-electron chi connectivity index (χ3n) is 2.76. The highest BCUT2D eigenvalue weighted by atomic mass is 35.5. The molecule has 0 saturated carbocycles. The quantitative estimate of drug-likeness (QED) is 0.905. The average Bonchev–Trinajstić information content (AvgIpc) is 2.43. The lowest BCUT2D eigenvalue weighted by Gasteiger charge is -2.12. The van der Waals surface area contributed by atoms with Crippen LogP contribution in [0.5, 0.6) is 5.75 Å². The zero-order valence-electron chi connectivity index (χ0n) is 10.7. The van der Waals surface area contributed by atoms with Crippen molar-refractivity contribution >= 4 is 23.4 Å². The fourth-order valence-electron chi connectivity index (χ4n) is 1.84. The molecule has 0 atom stereocenters. The largest absolute Gasteiger partial charge is 0.496 e.